The third kappa shape index (κ3) is 7.07. The van der Waals surface area contributed by atoms with Crippen molar-refractivity contribution >= 4 is 5.69 Å². The summed E-state index contributed by atoms with van der Waals surface area (Å²) in [7, 11) is 0. The van der Waals surface area contributed by atoms with Gasteiger partial charge in [0.25, 0.3) is 0 Å². The van der Waals surface area contributed by atoms with Crippen molar-refractivity contribution in [2.24, 2.45) is 0 Å². The third-order valence-electron chi connectivity index (χ3n) is 8.27. The number of hydrogen-bond acceptors (Lipinski definition) is 5. The lowest BCUT2D eigenvalue weighted by Crippen LogP contribution is -2.41. The summed E-state index contributed by atoms with van der Waals surface area (Å²) in [5, 5.41) is 13.7. The molecular formula is C34H44N2O3. The van der Waals surface area contributed by atoms with E-state index in [9.17, 15) is 5.11 Å². The van der Waals surface area contributed by atoms with Crippen LogP contribution in [0.5, 0.6) is 17.2 Å². The second-order valence-electron chi connectivity index (χ2n) is 11.8. The molecule has 5 heteroatoms. The molecule has 5 rings (SSSR count). The molecule has 0 amide bonds. The first-order valence-electron chi connectivity index (χ1n) is 14.7. The quantitative estimate of drug-likeness (QED) is 0.308. The maximum absolute atomic E-state index is 9.92. The van der Waals surface area contributed by atoms with E-state index in [1.165, 1.54) is 49.9 Å². The summed E-state index contributed by atoms with van der Waals surface area (Å²) in [4.78, 5) is 2.54. The fraction of sp³-hybridized carbons (Fsp3) is 0.471. The van der Waals surface area contributed by atoms with Crippen LogP contribution in [-0.4, -0.2) is 47.9 Å². The van der Waals surface area contributed by atoms with Gasteiger partial charge >= 0.3 is 0 Å². The average Bonchev–Trinajstić information content (AvgIpc) is 3.18. The molecule has 0 spiro atoms. The van der Waals surface area contributed by atoms with Crippen LogP contribution in [0.15, 0.2) is 66.7 Å². The van der Waals surface area contributed by atoms with Crippen LogP contribution in [0.4, 0.5) is 5.69 Å². The van der Waals surface area contributed by atoms with Crippen molar-refractivity contribution in [2.45, 2.75) is 76.9 Å². The summed E-state index contributed by atoms with van der Waals surface area (Å²) in [5.74, 6) is 2.17. The first-order chi connectivity index (χ1) is 18.9. The number of rotatable bonds is 9. The number of likely N-dealkylation sites (tertiary alicyclic amines) is 1. The van der Waals surface area contributed by atoms with Crippen LogP contribution in [0.3, 0.4) is 0 Å². The van der Waals surface area contributed by atoms with Gasteiger partial charge in [0.1, 0.15) is 29.5 Å². The molecule has 1 saturated heterocycles. The van der Waals surface area contributed by atoms with Gasteiger partial charge in [0.2, 0.25) is 0 Å². The maximum atomic E-state index is 9.92. The Balaban J connectivity index is 1.18. The summed E-state index contributed by atoms with van der Waals surface area (Å²) >= 11 is 0. The van der Waals surface area contributed by atoms with E-state index >= 15 is 0 Å². The molecule has 3 aromatic carbocycles. The molecule has 208 valence electrons. The average molecular weight is 529 g/mol. The van der Waals surface area contributed by atoms with Crippen LogP contribution in [0.25, 0.3) is 0 Å². The molecule has 2 unspecified atom stereocenters. The van der Waals surface area contributed by atoms with Gasteiger partial charge in [-0.15, -0.1) is 0 Å². The number of para-hydroxylation sites is 1. The monoisotopic (exact) mass is 528 g/mol. The van der Waals surface area contributed by atoms with E-state index in [4.69, 9.17) is 9.47 Å². The van der Waals surface area contributed by atoms with Crippen molar-refractivity contribution in [3.05, 3.63) is 83.4 Å². The number of phenolic OH excluding ortho intramolecular Hbond substituents is 1. The lowest BCUT2D eigenvalue weighted by atomic mass is 9.77. The van der Waals surface area contributed by atoms with Gasteiger partial charge in [-0.2, -0.15) is 0 Å². The Hall–Kier alpha value is -3.18. The van der Waals surface area contributed by atoms with E-state index in [2.05, 4.69) is 79.5 Å². The highest BCUT2D eigenvalue weighted by Gasteiger charge is 2.39. The van der Waals surface area contributed by atoms with Crippen LogP contribution in [0.1, 0.15) is 69.1 Å². The van der Waals surface area contributed by atoms with E-state index in [0.717, 1.165) is 48.7 Å². The molecule has 2 heterocycles. The molecule has 5 nitrogen and oxygen atoms in total. The lowest BCUT2D eigenvalue weighted by Gasteiger charge is -2.41. The van der Waals surface area contributed by atoms with Gasteiger partial charge in [0.05, 0.1) is 0 Å². The van der Waals surface area contributed by atoms with Crippen molar-refractivity contribution in [3.8, 4) is 17.2 Å². The molecule has 0 saturated carbocycles. The minimum atomic E-state index is -0.398. The van der Waals surface area contributed by atoms with E-state index in [1.807, 2.05) is 6.07 Å². The molecule has 1 fully saturated rings. The molecule has 0 aliphatic carbocycles. The molecule has 0 aromatic heterocycles. The maximum Gasteiger partial charge on any atom is 0.127 e. The molecule has 2 N–H and O–H groups in total. The molecule has 0 bridgehead atoms. The number of fused-ring (bicyclic) bond motifs is 1. The zero-order valence-electron chi connectivity index (χ0n) is 23.8. The molecule has 2 atom stereocenters. The summed E-state index contributed by atoms with van der Waals surface area (Å²) in [6, 6.07) is 22.9. The second-order valence-corrected chi connectivity index (χ2v) is 11.8. The summed E-state index contributed by atoms with van der Waals surface area (Å²) in [6.45, 7) is 10.7. The predicted octanol–water partition coefficient (Wildman–Crippen LogP) is 7.19. The van der Waals surface area contributed by atoms with Gasteiger partial charge < -0.3 is 19.9 Å². The predicted molar refractivity (Wildman–Crippen MR) is 159 cm³/mol. The highest BCUT2D eigenvalue weighted by Crippen LogP contribution is 2.45. The smallest absolute Gasteiger partial charge is 0.127 e. The third-order valence-corrected chi connectivity index (χ3v) is 8.27. The number of ether oxygens (including phenoxy) is 2. The van der Waals surface area contributed by atoms with Crippen molar-refractivity contribution in [2.75, 3.05) is 31.6 Å². The molecule has 0 radical (unpaired) electrons. The summed E-state index contributed by atoms with van der Waals surface area (Å²) in [5.41, 5.74) is 4.45. The second kappa shape index (κ2) is 12.3. The highest BCUT2D eigenvalue weighted by molar-refractivity contribution is 5.56. The van der Waals surface area contributed by atoms with Crippen LogP contribution < -0.4 is 14.8 Å². The number of nitrogens with one attached hydrogen (secondary N) is 1. The number of phenols is 1. The van der Waals surface area contributed by atoms with Gasteiger partial charge in [-0.3, -0.25) is 4.90 Å². The van der Waals surface area contributed by atoms with Crippen LogP contribution >= 0.6 is 0 Å². The van der Waals surface area contributed by atoms with Gasteiger partial charge in [0.15, 0.2) is 0 Å². The Morgan fingerprint density at radius 3 is 2.51 bits per heavy atom. The van der Waals surface area contributed by atoms with Gasteiger partial charge in [-0.1, -0.05) is 49.2 Å². The fourth-order valence-corrected chi connectivity index (χ4v) is 6.09. The van der Waals surface area contributed by atoms with E-state index in [-0.39, 0.29) is 17.7 Å². The highest BCUT2D eigenvalue weighted by atomic mass is 16.5. The van der Waals surface area contributed by atoms with E-state index in [1.54, 1.807) is 12.1 Å². The molecular weight excluding hydrogens is 484 g/mol. The zero-order chi connectivity index (χ0) is 27.2. The lowest BCUT2D eigenvalue weighted by molar-refractivity contribution is 0.0613. The Bertz CT molecular complexity index is 1220. The minimum Gasteiger partial charge on any atom is -0.508 e. The number of aromatic hydroxyl groups is 1. The van der Waals surface area contributed by atoms with Crippen molar-refractivity contribution in [1.29, 1.82) is 0 Å². The topological polar surface area (TPSA) is 54.0 Å². The summed E-state index contributed by atoms with van der Waals surface area (Å²) < 4.78 is 12.5. The van der Waals surface area contributed by atoms with Crippen LogP contribution in [0.2, 0.25) is 0 Å². The van der Waals surface area contributed by atoms with Crippen molar-refractivity contribution in [3.63, 3.8) is 0 Å². The molecule has 39 heavy (non-hydrogen) atoms. The van der Waals surface area contributed by atoms with Crippen LogP contribution in [-0.2, 0) is 12.8 Å². The Labute approximate surface area is 234 Å². The Morgan fingerprint density at radius 1 is 1.00 bits per heavy atom. The first-order valence-corrected chi connectivity index (χ1v) is 14.7. The number of anilines is 1. The molecule has 3 aromatic rings. The number of hydrogen-bond donors (Lipinski definition) is 2. The zero-order valence-corrected chi connectivity index (χ0v) is 23.8. The van der Waals surface area contributed by atoms with Gasteiger partial charge in [-0.25, -0.2) is 0 Å². The van der Waals surface area contributed by atoms with Crippen molar-refractivity contribution < 1.29 is 14.6 Å². The van der Waals surface area contributed by atoms with Gasteiger partial charge in [0, 0.05) is 30.3 Å². The minimum absolute atomic E-state index is 0.191. The largest absolute Gasteiger partial charge is 0.508 e. The first kappa shape index (κ1) is 27.4. The Morgan fingerprint density at radius 2 is 1.74 bits per heavy atom. The standard InChI is InChI=1S/C34H44N2O3/c1-25(22-26-12-16-29(17-13-26)38-21-20-36-18-8-4-5-9-19-36)35-32-11-7-6-10-30(32)31-23-27-14-15-28(37)24-33(27)39-34(31,2)3/h6-7,10-17,24-25,31,35,37H,4-5,8-9,18-23H2,1-3H3. The summed E-state index contributed by atoms with van der Waals surface area (Å²) in [6.07, 6.45) is 7.16. The van der Waals surface area contributed by atoms with Gasteiger partial charge in [-0.05, 0) is 100 Å². The molecule has 2 aliphatic rings. The normalized spacial score (nSPS) is 19.8. The van der Waals surface area contributed by atoms with E-state index < -0.39 is 5.60 Å². The SMILES string of the molecule is CC(Cc1ccc(OCCN2CCCCCC2)cc1)Nc1ccccc1C1Cc2ccc(O)cc2OC1(C)C. The number of nitrogens with zero attached hydrogens (tertiary/aromatic N) is 1. The van der Waals surface area contributed by atoms with Crippen molar-refractivity contribution in [1.82, 2.24) is 4.90 Å². The van der Waals surface area contributed by atoms with Crippen LogP contribution in [0, 0.1) is 0 Å². The Kier molecular flexibility index (Phi) is 8.66. The van der Waals surface area contributed by atoms with E-state index in [0.29, 0.717) is 0 Å². The fourth-order valence-electron chi connectivity index (χ4n) is 6.09. The number of benzene rings is 3. The molecule has 2 aliphatic heterocycles.